The van der Waals surface area contributed by atoms with Gasteiger partial charge in [0.05, 0.1) is 0 Å². The van der Waals surface area contributed by atoms with Crippen LogP contribution in [0.1, 0.15) is 53.0 Å². The first-order valence-electron chi connectivity index (χ1n) is 24.6. The van der Waals surface area contributed by atoms with Crippen molar-refractivity contribution in [3.63, 3.8) is 0 Å². The standard InChI is InChI=1S/C66H43N3OS/c1-37(32-41-26-29-55-52-17-8-10-21-61(52)71-63(55)38(41)2)40-24-22-39-23-25-42(34-44(39)33-40)64-67-65(43-27-28-50-57(35-43)47-14-5-6-15-48(47)58-36-59(50)58)69-66(68-64)56-31-30-49(45-12-3-4-13-46(45)56)53-18-11-19-54-51-16-7-9-20-60(51)70-62(53)54/h3-35,58-59H,36H2,1-2H3/b37-32+. The van der Waals surface area contributed by atoms with Crippen LogP contribution in [0.25, 0.3) is 132 Å². The predicted molar refractivity (Wildman–Crippen MR) is 297 cm³/mol. The predicted octanol–water partition coefficient (Wildman–Crippen LogP) is 18.2. The number of hydrogen-bond acceptors (Lipinski definition) is 5. The molecule has 2 aliphatic carbocycles. The number of aryl methyl sites for hydroxylation is 1. The van der Waals surface area contributed by atoms with Crippen LogP contribution in [-0.2, 0) is 0 Å². The number of furan rings is 1. The molecule has 3 heterocycles. The topological polar surface area (TPSA) is 51.8 Å². The lowest BCUT2D eigenvalue weighted by Crippen LogP contribution is -2.03. The van der Waals surface area contributed by atoms with Crippen molar-refractivity contribution >= 4 is 86.6 Å². The molecule has 0 spiro atoms. The van der Waals surface area contributed by atoms with Gasteiger partial charge in [-0.2, -0.15) is 0 Å². The molecule has 1 saturated carbocycles. The lowest BCUT2D eigenvalue weighted by molar-refractivity contribution is 0.670. The Morgan fingerprint density at radius 2 is 1.15 bits per heavy atom. The van der Waals surface area contributed by atoms with Gasteiger partial charge in [0.25, 0.3) is 0 Å². The van der Waals surface area contributed by atoms with Gasteiger partial charge in [0.1, 0.15) is 11.2 Å². The molecule has 0 saturated heterocycles. The van der Waals surface area contributed by atoms with E-state index < -0.39 is 0 Å². The van der Waals surface area contributed by atoms with Crippen LogP contribution in [0.5, 0.6) is 0 Å². The Morgan fingerprint density at radius 3 is 2.03 bits per heavy atom. The first-order valence-corrected chi connectivity index (χ1v) is 25.4. The van der Waals surface area contributed by atoms with Gasteiger partial charge < -0.3 is 4.42 Å². The second-order valence-electron chi connectivity index (χ2n) is 19.5. The summed E-state index contributed by atoms with van der Waals surface area (Å²) in [6.07, 6.45) is 3.54. The maximum atomic E-state index is 6.57. The molecule has 0 aliphatic heterocycles. The summed E-state index contributed by atoms with van der Waals surface area (Å²) in [4.78, 5) is 16.1. The molecule has 334 valence electrons. The fraction of sp³-hybridized carbons (Fsp3) is 0.0758. The molecule has 0 amide bonds. The Bertz CT molecular complexity index is 4440. The van der Waals surface area contributed by atoms with E-state index in [9.17, 15) is 0 Å². The molecule has 10 aromatic carbocycles. The number of fused-ring (bicyclic) bond motifs is 14. The highest BCUT2D eigenvalue weighted by molar-refractivity contribution is 7.26. The maximum Gasteiger partial charge on any atom is 0.164 e. The van der Waals surface area contributed by atoms with Crippen LogP contribution >= 0.6 is 11.3 Å². The number of rotatable bonds is 6. The van der Waals surface area contributed by atoms with Gasteiger partial charge in [-0.05, 0) is 140 Å². The van der Waals surface area contributed by atoms with Crippen LogP contribution in [0.3, 0.4) is 0 Å². The average molecular weight is 926 g/mol. The molecule has 1 fully saturated rings. The number of allylic oxidation sites excluding steroid dienone is 1. The van der Waals surface area contributed by atoms with Crippen LogP contribution in [0.2, 0.25) is 0 Å². The van der Waals surface area contributed by atoms with E-state index in [0.717, 1.165) is 71.3 Å². The zero-order valence-electron chi connectivity index (χ0n) is 39.1. The third kappa shape index (κ3) is 6.39. The lowest BCUT2D eigenvalue weighted by Gasteiger charge is -2.20. The third-order valence-corrected chi connectivity index (χ3v) is 16.7. The van der Waals surface area contributed by atoms with E-state index in [1.165, 1.54) is 71.1 Å². The summed E-state index contributed by atoms with van der Waals surface area (Å²) >= 11 is 1.88. The van der Waals surface area contributed by atoms with Gasteiger partial charge in [0.15, 0.2) is 17.5 Å². The van der Waals surface area contributed by atoms with Crippen LogP contribution in [-0.4, -0.2) is 15.0 Å². The Balaban J connectivity index is 0.876. The summed E-state index contributed by atoms with van der Waals surface area (Å²) in [5, 5.41) is 9.34. The van der Waals surface area contributed by atoms with Crippen molar-refractivity contribution in [2.75, 3.05) is 0 Å². The van der Waals surface area contributed by atoms with E-state index in [-0.39, 0.29) is 0 Å². The van der Waals surface area contributed by atoms with Crippen molar-refractivity contribution in [1.29, 1.82) is 0 Å². The fourth-order valence-electron chi connectivity index (χ4n) is 11.7. The largest absolute Gasteiger partial charge is 0.455 e. The van der Waals surface area contributed by atoms with Crippen molar-refractivity contribution in [3.05, 3.63) is 222 Å². The number of thiophene rings is 1. The number of nitrogens with zero attached hydrogens (tertiary/aromatic N) is 3. The molecular weight excluding hydrogens is 883 g/mol. The molecule has 13 aromatic rings. The molecule has 2 aliphatic rings. The smallest absolute Gasteiger partial charge is 0.164 e. The second kappa shape index (κ2) is 15.5. The highest BCUT2D eigenvalue weighted by Crippen LogP contribution is 2.62. The Kier molecular flexibility index (Phi) is 8.81. The Hall–Kier alpha value is -8.51. The minimum absolute atomic E-state index is 0.573. The summed E-state index contributed by atoms with van der Waals surface area (Å²) in [6, 6.07) is 70.2. The van der Waals surface area contributed by atoms with Gasteiger partial charge in [-0.25, -0.2) is 15.0 Å². The first-order chi connectivity index (χ1) is 35.0. The molecule has 0 N–H and O–H groups in total. The summed E-state index contributed by atoms with van der Waals surface area (Å²) in [5.41, 5.74) is 17.2. The number of aromatic nitrogens is 3. The number of para-hydroxylation sites is 2. The SMILES string of the molecule is C/C(=C\c1ccc2c(sc3ccccc32)c1C)c1ccc2ccc(-c3nc(-c4ccc5c(c4)-c4ccccc4C4CC54)nc(-c4ccc(-c5cccc6c5oc5ccccc56)c5ccccc45)n3)cc2c1. The monoisotopic (exact) mass is 925 g/mol. The molecule has 0 bridgehead atoms. The van der Waals surface area contributed by atoms with Gasteiger partial charge in [0, 0.05) is 53.2 Å². The lowest BCUT2D eigenvalue weighted by atomic mass is 9.85. The summed E-state index contributed by atoms with van der Waals surface area (Å²) in [5.74, 6) is 3.11. The highest BCUT2D eigenvalue weighted by atomic mass is 32.1. The van der Waals surface area contributed by atoms with Crippen molar-refractivity contribution < 1.29 is 4.42 Å². The van der Waals surface area contributed by atoms with Crippen molar-refractivity contribution in [2.24, 2.45) is 0 Å². The molecule has 2 atom stereocenters. The average Bonchev–Trinajstić information content (AvgIpc) is 4.02. The van der Waals surface area contributed by atoms with Crippen molar-refractivity contribution in [3.8, 4) is 56.4 Å². The second-order valence-corrected chi connectivity index (χ2v) is 20.5. The molecule has 4 nitrogen and oxygen atoms in total. The molecule has 2 unspecified atom stereocenters. The van der Waals surface area contributed by atoms with E-state index in [4.69, 9.17) is 19.4 Å². The van der Waals surface area contributed by atoms with Gasteiger partial charge in [-0.15, -0.1) is 11.3 Å². The highest BCUT2D eigenvalue weighted by Gasteiger charge is 2.45. The van der Waals surface area contributed by atoms with Gasteiger partial charge >= 0.3 is 0 Å². The summed E-state index contributed by atoms with van der Waals surface area (Å²) in [6.45, 7) is 4.48. The fourth-order valence-corrected chi connectivity index (χ4v) is 12.9. The Labute approximate surface area is 414 Å². The summed E-state index contributed by atoms with van der Waals surface area (Å²) in [7, 11) is 0. The van der Waals surface area contributed by atoms with E-state index in [1.807, 2.05) is 23.5 Å². The van der Waals surface area contributed by atoms with Crippen LogP contribution < -0.4 is 0 Å². The molecule has 5 heteroatoms. The van der Waals surface area contributed by atoms with E-state index >= 15 is 0 Å². The quantitative estimate of drug-likeness (QED) is 0.156. The van der Waals surface area contributed by atoms with E-state index in [0.29, 0.717) is 29.3 Å². The van der Waals surface area contributed by atoms with Gasteiger partial charge in [0.2, 0.25) is 0 Å². The zero-order valence-corrected chi connectivity index (χ0v) is 39.9. The third-order valence-electron chi connectivity index (χ3n) is 15.4. The van der Waals surface area contributed by atoms with Gasteiger partial charge in [-0.1, -0.05) is 164 Å². The minimum atomic E-state index is 0.573. The molecule has 71 heavy (non-hydrogen) atoms. The first kappa shape index (κ1) is 40.4. The van der Waals surface area contributed by atoms with Crippen molar-refractivity contribution in [1.82, 2.24) is 15.0 Å². The maximum absolute atomic E-state index is 6.57. The molecular formula is C66H43N3OS. The van der Waals surface area contributed by atoms with Crippen LogP contribution in [0, 0.1) is 6.92 Å². The van der Waals surface area contributed by atoms with Crippen LogP contribution in [0.4, 0.5) is 0 Å². The van der Waals surface area contributed by atoms with E-state index in [2.05, 4.69) is 202 Å². The number of benzene rings is 10. The zero-order chi connectivity index (χ0) is 46.9. The minimum Gasteiger partial charge on any atom is -0.455 e. The molecule has 0 radical (unpaired) electrons. The number of hydrogen-bond donors (Lipinski definition) is 0. The molecule has 3 aromatic heterocycles. The molecule has 15 rings (SSSR count). The Morgan fingerprint density at radius 1 is 0.493 bits per heavy atom. The van der Waals surface area contributed by atoms with Gasteiger partial charge in [-0.3, -0.25) is 0 Å². The summed E-state index contributed by atoms with van der Waals surface area (Å²) < 4.78 is 9.26. The van der Waals surface area contributed by atoms with Crippen molar-refractivity contribution in [2.45, 2.75) is 32.1 Å². The normalized spacial score (nSPS) is 15.2. The van der Waals surface area contributed by atoms with E-state index in [1.54, 1.807) is 0 Å². The van der Waals surface area contributed by atoms with Crippen LogP contribution in [0.15, 0.2) is 199 Å².